The van der Waals surface area contributed by atoms with Crippen molar-refractivity contribution in [1.29, 1.82) is 0 Å². The van der Waals surface area contributed by atoms with E-state index in [0.29, 0.717) is 19.2 Å². The molecule has 0 unspecified atom stereocenters. The number of alkyl halides is 3. The van der Waals surface area contributed by atoms with Gasteiger partial charge in [-0.05, 0) is 25.3 Å². The number of carboxylic acids is 1. The SMILES string of the molecule is Cn1nccc1CN1C[C@H](C(=O)N2CCCCO2)[C@H]2OCC[C@H]21.O=C(O)C(F)(F)F. The Bertz CT molecular complexity index is 750. The van der Waals surface area contributed by atoms with Crippen LogP contribution in [0.4, 0.5) is 13.2 Å². The van der Waals surface area contributed by atoms with Crippen molar-refractivity contribution in [2.24, 2.45) is 13.0 Å². The van der Waals surface area contributed by atoms with Crippen LogP contribution in [0.5, 0.6) is 0 Å². The van der Waals surface area contributed by atoms with Crippen molar-refractivity contribution in [3.8, 4) is 0 Å². The number of carbonyl (C=O) groups excluding carboxylic acids is 1. The van der Waals surface area contributed by atoms with Crippen LogP contribution < -0.4 is 0 Å². The Morgan fingerprint density at radius 1 is 1.30 bits per heavy atom. The van der Waals surface area contributed by atoms with E-state index in [-0.39, 0.29) is 17.9 Å². The summed E-state index contributed by atoms with van der Waals surface area (Å²) in [6, 6.07) is 2.36. The molecule has 3 aliphatic heterocycles. The molecule has 1 N–H and O–H groups in total. The number of rotatable bonds is 3. The summed E-state index contributed by atoms with van der Waals surface area (Å²) >= 11 is 0. The standard InChI is InChI=1S/C16H24N4O3.C2HF3O2/c1-18-12(4-6-17-18)10-19-11-13(15-14(19)5-9-22-15)16(21)20-7-2-3-8-23-20;3-2(4,5)1(6)7/h4,6,13-15H,2-3,5,7-11H2,1H3;(H,6,7)/t13-,14+,15+;/m0./s1. The average molecular weight is 434 g/mol. The molecule has 12 heteroatoms. The molecule has 0 aliphatic carbocycles. The predicted octanol–water partition coefficient (Wildman–Crippen LogP) is 1.20. The van der Waals surface area contributed by atoms with E-state index in [0.717, 1.165) is 44.7 Å². The van der Waals surface area contributed by atoms with Gasteiger partial charge in [0.2, 0.25) is 0 Å². The minimum Gasteiger partial charge on any atom is -0.475 e. The molecule has 1 aromatic rings. The Balaban J connectivity index is 0.000000318. The number of ether oxygens (including phenoxy) is 1. The van der Waals surface area contributed by atoms with E-state index in [4.69, 9.17) is 19.5 Å². The fourth-order valence-electron chi connectivity index (χ4n) is 3.99. The first kappa shape index (κ1) is 22.5. The molecular formula is C18H25F3N4O5. The number of aryl methyl sites for hydroxylation is 1. The van der Waals surface area contributed by atoms with Crippen LogP contribution >= 0.6 is 0 Å². The maximum Gasteiger partial charge on any atom is 0.490 e. The van der Waals surface area contributed by atoms with E-state index >= 15 is 0 Å². The van der Waals surface area contributed by atoms with Crippen molar-refractivity contribution < 1.29 is 37.4 Å². The molecule has 0 saturated carbocycles. The second kappa shape index (κ2) is 9.31. The smallest absolute Gasteiger partial charge is 0.475 e. The molecule has 1 aromatic heterocycles. The first-order valence-electron chi connectivity index (χ1n) is 9.75. The summed E-state index contributed by atoms with van der Waals surface area (Å²) in [5, 5.41) is 12.9. The van der Waals surface area contributed by atoms with Gasteiger partial charge < -0.3 is 9.84 Å². The number of fused-ring (bicyclic) bond motifs is 1. The van der Waals surface area contributed by atoms with E-state index in [9.17, 15) is 18.0 Å². The first-order chi connectivity index (χ1) is 14.2. The number of carboxylic acid groups (broad SMARTS) is 1. The van der Waals surface area contributed by atoms with Gasteiger partial charge in [0, 0.05) is 45.5 Å². The lowest BCUT2D eigenvalue weighted by atomic mass is 10.0. The number of carbonyl (C=O) groups is 2. The minimum atomic E-state index is -5.08. The molecule has 168 valence electrons. The quantitative estimate of drug-likeness (QED) is 0.764. The Morgan fingerprint density at radius 3 is 2.60 bits per heavy atom. The second-order valence-corrected chi connectivity index (χ2v) is 7.46. The van der Waals surface area contributed by atoms with Crippen molar-refractivity contribution in [3.05, 3.63) is 18.0 Å². The Hall–Kier alpha value is -2.18. The molecule has 4 rings (SSSR count). The monoisotopic (exact) mass is 434 g/mol. The zero-order valence-electron chi connectivity index (χ0n) is 16.5. The summed E-state index contributed by atoms with van der Waals surface area (Å²) in [4.78, 5) is 29.7. The average Bonchev–Trinajstić information content (AvgIpc) is 3.41. The molecule has 9 nitrogen and oxygen atoms in total. The number of hydrogen-bond acceptors (Lipinski definition) is 6. The van der Waals surface area contributed by atoms with Crippen LogP contribution in [0.15, 0.2) is 12.3 Å². The van der Waals surface area contributed by atoms with E-state index in [1.807, 2.05) is 24.0 Å². The lowest BCUT2D eigenvalue weighted by Crippen LogP contribution is -2.43. The molecular weight excluding hydrogens is 409 g/mol. The lowest BCUT2D eigenvalue weighted by Gasteiger charge is -2.29. The number of hydroxylamine groups is 2. The zero-order valence-corrected chi connectivity index (χ0v) is 16.5. The third kappa shape index (κ3) is 5.10. The molecule has 0 bridgehead atoms. The molecule has 3 atom stereocenters. The fraction of sp³-hybridized carbons (Fsp3) is 0.722. The van der Waals surface area contributed by atoms with E-state index in [1.165, 1.54) is 0 Å². The fourth-order valence-corrected chi connectivity index (χ4v) is 3.99. The van der Waals surface area contributed by atoms with Crippen LogP contribution in [0.25, 0.3) is 0 Å². The first-order valence-corrected chi connectivity index (χ1v) is 9.75. The van der Waals surface area contributed by atoms with Gasteiger partial charge in [0.25, 0.3) is 5.91 Å². The highest BCUT2D eigenvalue weighted by atomic mass is 19.4. The van der Waals surface area contributed by atoms with Crippen LogP contribution in [-0.2, 0) is 32.8 Å². The number of aromatic nitrogens is 2. The van der Waals surface area contributed by atoms with Crippen LogP contribution in [0.2, 0.25) is 0 Å². The van der Waals surface area contributed by atoms with Crippen LogP contribution in [-0.4, -0.2) is 81.4 Å². The van der Waals surface area contributed by atoms with Crippen molar-refractivity contribution in [3.63, 3.8) is 0 Å². The van der Waals surface area contributed by atoms with Crippen molar-refractivity contribution in [1.82, 2.24) is 19.7 Å². The minimum absolute atomic E-state index is 0.00116. The number of nitrogens with zero attached hydrogens (tertiary/aromatic N) is 4. The third-order valence-corrected chi connectivity index (χ3v) is 5.50. The molecule has 3 saturated heterocycles. The van der Waals surface area contributed by atoms with Gasteiger partial charge in [-0.25, -0.2) is 9.86 Å². The van der Waals surface area contributed by atoms with E-state index in [2.05, 4.69) is 10.00 Å². The van der Waals surface area contributed by atoms with Gasteiger partial charge >= 0.3 is 12.1 Å². The summed E-state index contributed by atoms with van der Waals surface area (Å²) in [6.45, 7) is 3.63. The van der Waals surface area contributed by atoms with Crippen LogP contribution in [0, 0.1) is 5.92 Å². The van der Waals surface area contributed by atoms with Crippen LogP contribution in [0.3, 0.4) is 0 Å². The van der Waals surface area contributed by atoms with Gasteiger partial charge in [-0.1, -0.05) is 0 Å². The summed E-state index contributed by atoms with van der Waals surface area (Å²) in [5.41, 5.74) is 1.16. The Labute approximate surface area is 171 Å². The highest BCUT2D eigenvalue weighted by molar-refractivity contribution is 5.79. The lowest BCUT2D eigenvalue weighted by molar-refractivity contribution is -0.203. The number of likely N-dealkylation sites (tertiary alicyclic amines) is 1. The molecule has 4 heterocycles. The normalized spacial score (nSPS) is 26.8. The predicted molar refractivity (Wildman–Crippen MR) is 95.8 cm³/mol. The van der Waals surface area contributed by atoms with Gasteiger partial charge in [0.05, 0.1) is 24.3 Å². The zero-order chi connectivity index (χ0) is 21.9. The number of hydrogen-bond donors (Lipinski definition) is 1. The molecule has 1 amide bonds. The van der Waals surface area contributed by atoms with Crippen molar-refractivity contribution in [2.45, 2.75) is 44.1 Å². The topological polar surface area (TPSA) is 97.1 Å². The molecule has 0 aromatic carbocycles. The van der Waals surface area contributed by atoms with Gasteiger partial charge in [-0.2, -0.15) is 18.3 Å². The Kier molecular flexibility index (Phi) is 6.98. The highest BCUT2D eigenvalue weighted by Gasteiger charge is 2.50. The van der Waals surface area contributed by atoms with E-state index < -0.39 is 12.1 Å². The molecule has 3 fully saturated rings. The Morgan fingerprint density at radius 2 is 2.03 bits per heavy atom. The summed E-state index contributed by atoms with van der Waals surface area (Å²) < 4.78 is 39.5. The maximum atomic E-state index is 12.8. The van der Waals surface area contributed by atoms with Gasteiger partial charge in [0.1, 0.15) is 0 Å². The van der Waals surface area contributed by atoms with Gasteiger partial charge in [-0.15, -0.1) is 0 Å². The summed E-state index contributed by atoms with van der Waals surface area (Å²) in [7, 11) is 1.96. The maximum absolute atomic E-state index is 12.8. The summed E-state index contributed by atoms with van der Waals surface area (Å²) in [6.07, 6.45) is -0.220. The number of amides is 1. The molecule has 0 radical (unpaired) electrons. The van der Waals surface area contributed by atoms with Gasteiger partial charge in [0.15, 0.2) is 0 Å². The van der Waals surface area contributed by atoms with Crippen molar-refractivity contribution in [2.75, 3.05) is 26.3 Å². The molecule has 0 spiro atoms. The van der Waals surface area contributed by atoms with Crippen molar-refractivity contribution >= 4 is 11.9 Å². The third-order valence-electron chi connectivity index (χ3n) is 5.50. The number of halogens is 3. The summed E-state index contributed by atoms with van der Waals surface area (Å²) in [5.74, 6) is -2.78. The van der Waals surface area contributed by atoms with Crippen LogP contribution in [0.1, 0.15) is 25.0 Å². The van der Waals surface area contributed by atoms with E-state index in [1.54, 1.807) is 5.06 Å². The van der Waals surface area contributed by atoms with Gasteiger partial charge in [-0.3, -0.25) is 19.2 Å². The molecule has 30 heavy (non-hydrogen) atoms. The second-order valence-electron chi connectivity index (χ2n) is 7.46. The molecule has 3 aliphatic rings. The largest absolute Gasteiger partial charge is 0.490 e. The number of aliphatic carboxylic acids is 1. The highest BCUT2D eigenvalue weighted by Crippen LogP contribution is 2.35.